The molecule has 1 aliphatic heterocycles. The van der Waals surface area contributed by atoms with Crippen LogP contribution in [-0.2, 0) is 16.0 Å². The minimum Gasteiger partial charge on any atom is -0.274 e. The van der Waals surface area contributed by atoms with Crippen molar-refractivity contribution in [2.24, 2.45) is 0 Å². The van der Waals surface area contributed by atoms with Gasteiger partial charge in [-0.3, -0.25) is 14.5 Å². The molecule has 29 heavy (non-hydrogen) atoms. The zero-order valence-corrected chi connectivity index (χ0v) is 17.0. The summed E-state index contributed by atoms with van der Waals surface area (Å²) in [6.07, 6.45) is 0.642. The first kappa shape index (κ1) is 19.2. The second kappa shape index (κ2) is 8.50. The van der Waals surface area contributed by atoms with Gasteiger partial charge in [-0.25, -0.2) is 0 Å². The van der Waals surface area contributed by atoms with Crippen molar-refractivity contribution in [1.82, 2.24) is 4.90 Å². The van der Waals surface area contributed by atoms with Crippen molar-refractivity contribution in [2.75, 3.05) is 6.54 Å². The van der Waals surface area contributed by atoms with E-state index in [0.29, 0.717) is 23.4 Å². The van der Waals surface area contributed by atoms with Crippen LogP contribution in [-0.4, -0.2) is 23.3 Å². The van der Waals surface area contributed by atoms with Gasteiger partial charge in [-0.15, -0.1) is 0 Å². The van der Waals surface area contributed by atoms with Crippen molar-refractivity contribution >= 4 is 29.1 Å². The Bertz CT molecular complexity index is 1060. The Morgan fingerprint density at radius 3 is 2.03 bits per heavy atom. The smallest absolute Gasteiger partial charge is 0.268 e. The molecule has 4 heteroatoms. The maximum atomic E-state index is 13.3. The second-order valence-electron chi connectivity index (χ2n) is 6.98. The summed E-state index contributed by atoms with van der Waals surface area (Å²) in [7, 11) is 0. The molecule has 1 aliphatic rings. The van der Waals surface area contributed by atoms with Gasteiger partial charge in [0.1, 0.15) is 0 Å². The maximum absolute atomic E-state index is 13.3. The molecule has 0 aliphatic carbocycles. The lowest BCUT2D eigenvalue weighted by atomic mass is 10.0. The summed E-state index contributed by atoms with van der Waals surface area (Å²) in [6.45, 7) is 2.38. The van der Waals surface area contributed by atoms with Crippen molar-refractivity contribution in [3.8, 4) is 0 Å². The molecule has 0 N–H and O–H groups in total. The lowest BCUT2D eigenvalue weighted by Gasteiger charge is -2.15. The third-order valence-electron chi connectivity index (χ3n) is 4.90. The van der Waals surface area contributed by atoms with Gasteiger partial charge in [-0.2, -0.15) is 0 Å². The summed E-state index contributed by atoms with van der Waals surface area (Å²) in [5.74, 6) is -0.427. The zero-order chi connectivity index (χ0) is 20.2. The monoisotopic (exact) mass is 399 g/mol. The largest absolute Gasteiger partial charge is 0.274 e. The van der Waals surface area contributed by atoms with Gasteiger partial charge in [-0.1, -0.05) is 90.1 Å². The van der Waals surface area contributed by atoms with Crippen LogP contribution in [0.15, 0.2) is 94.7 Å². The van der Waals surface area contributed by atoms with E-state index in [1.54, 1.807) is 0 Å². The first-order valence-corrected chi connectivity index (χ1v) is 10.4. The van der Waals surface area contributed by atoms with E-state index < -0.39 is 0 Å². The Hall–Kier alpha value is -3.11. The molecule has 0 aromatic heterocycles. The van der Waals surface area contributed by atoms with E-state index in [1.165, 1.54) is 16.7 Å². The van der Waals surface area contributed by atoms with Crippen LogP contribution in [0.1, 0.15) is 16.7 Å². The Kier molecular flexibility index (Phi) is 5.63. The number of carbonyl (C=O) groups excluding carboxylic acids is 2. The van der Waals surface area contributed by atoms with Gasteiger partial charge < -0.3 is 0 Å². The van der Waals surface area contributed by atoms with Crippen LogP contribution < -0.4 is 0 Å². The van der Waals surface area contributed by atoms with Crippen molar-refractivity contribution < 1.29 is 9.59 Å². The average Bonchev–Trinajstić information content (AvgIpc) is 2.98. The third-order valence-corrected chi connectivity index (χ3v) is 5.99. The summed E-state index contributed by atoms with van der Waals surface area (Å²) in [4.78, 5) is 29.3. The Morgan fingerprint density at radius 2 is 1.38 bits per heavy atom. The van der Waals surface area contributed by atoms with Gasteiger partial charge in [0.2, 0.25) is 0 Å². The van der Waals surface area contributed by atoms with Crippen LogP contribution >= 0.6 is 11.8 Å². The summed E-state index contributed by atoms with van der Waals surface area (Å²) < 4.78 is 0. The van der Waals surface area contributed by atoms with Gasteiger partial charge >= 0.3 is 0 Å². The summed E-state index contributed by atoms with van der Waals surface area (Å²) >= 11 is 1.36. The molecule has 0 saturated carbocycles. The number of benzene rings is 3. The molecule has 0 spiro atoms. The molecular formula is C25H21NO2S. The number of hydrogen-bond acceptors (Lipinski definition) is 3. The summed E-state index contributed by atoms with van der Waals surface area (Å²) in [5.41, 5.74) is 3.50. The van der Waals surface area contributed by atoms with Crippen LogP contribution in [0.3, 0.4) is 0 Å². The van der Waals surface area contributed by atoms with Crippen LogP contribution in [0.5, 0.6) is 0 Å². The molecule has 0 saturated heterocycles. The highest BCUT2D eigenvalue weighted by atomic mass is 32.2. The van der Waals surface area contributed by atoms with E-state index in [-0.39, 0.29) is 11.8 Å². The number of aryl methyl sites for hydroxylation is 1. The molecule has 0 radical (unpaired) electrons. The fourth-order valence-electron chi connectivity index (χ4n) is 3.32. The fraction of sp³-hybridized carbons (Fsp3) is 0.120. The molecule has 3 aromatic carbocycles. The Balaban J connectivity index is 1.66. The van der Waals surface area contributed by atoms with Gasteiger partial charge in [0.05, 0.1) is 10.5 Å². The van der Waals surface area contributed by atoms with Crippen LogP contribution in [0.2, 0.25) is 0 Å². The van der Waals surface area contributed by atoms with Gasteiger partial charge in [0.15, 0.2) is 0 Å². The SMILES string of the molecule is Cc1ccc(C2=C(Sc3ccccc3)C(=O)N(CCc3ccccc3)C2=O)cc1. The quantitative estimate of drug-likeness (QED) is 0.541. The summed E-state index contributed by atoms with van der Waals surface area (Å²) in [5, 5.41) is 0. The first-order valence-electron chi connectivity index (χ1n) is 9.58. The molecule has 2 amide bonds. The highest BCUT2D eigenvalue weighted by Crippen LogP contribution is 2.39. The third kappa shape index (κ3) is 4.17. The van der Waals surface area contributed by atoms with Gasteiger partial charge in [-0.05, 0) is 36.6 Å². The van der Waals surface area contributed by atoms with E-state index >= 15 is 0 Å². The molecule has 4 rings (SSSR count). The number of amides is 2. The van der Waals surface area contributed by atoms with Crippen molar-refractivity contribution in [1.29, 1.82) is 0 Å². The van der Waals surface area contributed by atoms with Crippen LogP contribution in [0.4, 0.5) is 0 Å². The normalized spacial score (nSPS) is 14.0. The predicted octanol–water partition coefficient (Wildman–Crippen LogP) is 5.11. The first-order chi connectivity index (χ1) is 14.1. The minimum atomic E-state index is -0.215. The van der Waals surface area contributed by atoms with Gasteiger partial charge in [0.25, 0.3) is 11.8 Å². The molecule has 1 heterocycles. The average molecular weight is 400 g/mol. The maximum Gasteiger partial charge on any atom is 0.268 e. The summed E-state index contributed by atoms with van der Waals surface area (Å²) in [6, 6.07) is 27.4. The Labute approximate surface area is 175 Å². The molecule has 0 unspecified atom stereocenters. The van der Waals surface area contributed by atoms with Gasteiger partial charge in [0, 0.05) is 11.4 Å². The van der Waals surface area contributed by atoms with Crippen molar-refractivity contribution in [2.45, 2.75) is 18.2 Å². The lowest BCUT2D eigenvalue weighted by Crippen LogP contribution is -2.33. The number of carbonyl (C=O) groups is 2. The van der Waals surface area contributed by atoms with E-state index in [0.717, 1.165) is 21.6 Å². The van der Waals surface area contributed by atoms with E-state index in [1.807, 2.05) is 91.9 Å². The molecule has 0 bridgehead atoms. The molecule has 3 aromatic rings. The highest BCUT2D eigenvalue weighted by molar-refractivity contribution is 8.04. The van der Waals surface area contributed by atoms with E-state index in [9.17, 15) is 9.59 Å². The predicted molar refractivity (Wildman–Crippen MR) is 117 cm³/mol. The van der Waals surface area contributed by atoms with Crippen molar-refractivity contribution in [3.63, 3.8) is 0 Å². The number of nitrogens with zero attached hydrogens (tertiary/aromatic N) is 1. The highest BCUT2D eigenvalue weighted by Gasteiger charge is 2.39. The topological polar surface area (TPSA) is 37.4 Å². The Morgan fingerprint density at radius 1 is 0.759 bits per heavy atom. The number of thioether (sulfide) groups is 1. The van der Waals surface area contributed by atoms with Crippen LogP contribution in [0.25, 0.3) is 5.57 Å². The number of imide groups is 1. The number of rotatable bonds is 6. The molecule has 0 fully saturated rings. The second-order valence-corrected chi connectivity index (χ2v) is 8.07. The minimum absolute atomic E-state index is 0.213. The number of hydrogen-bond donors (Lipinski definition) is 0. The standard InChI is InChI=1S/C25H21NO2S/c1-18-12-14-20(15-13-18)22-23(29-21-10-6-3-7-11-21)25(28)26(24(22)27)17-16-19-8-4-2-5-9-19/h2-15H,16-17H2,1H3. The zero-order valence-electron chi connectivity index (χ0n) is 16.2. The van der Waals surface area contributed by atoms with E-state index in [4.69, 9.17) is 0 Å². The van der Waals surface area contributed by atoms with Crippen molar-refractivity contribution in [3.05, 3.63) is 107 Å². The van der Waals surface area contributed by atoms with E-state index in [2.05, 4.69) is 0 Å². The van der Waals surface area contributed by atoms with Crippen LogP contribution in [0, 0.1) is 6.92 Å². The molecule has 3 nitrogen and oxygen atoms in total. The molecule has 144 valence electrons. The molecule has 0 atom stereocenters. The molecular weight excluding hydrogens is 378 g/mol. The lowest BCUT2D eigenvalue weighted by molar-refractivity contribution is -0.136. The fourth-order valence-corrected chi connectivity index (χ4v) is 4.35.